The number of piperidine rings is 1. The van der Waals surface area contributed by atoms with Crippen LogP contribution in [0.3, 0.4) is 0 Å². The molecule has 1 fully saturated rings. The minimum absolute atomic E-state index is 0.0181. The van der Waals surface area contributed by atoms with Crippen LogP contribution in [0.5, 0.6) is 0 Å². The monoisotopic (exact) mass is 318 g/mol. The number of amides is 2. The Kier molecular flexibility index (Phi) is 4.68. The zero-order valence-electron chi connectivity index (χ0n) is 14.5. The summed E-state index contributed by atoms with van der Waals surface area (Å²) in [5.74, 6) is -0.109. The molecule has 1 aliphatic rings. The minimum Gasteiger partial charge on any atom is -0.465 e. The van der Waals surface area contributed by atoms with Crippen LogP contribution < -0.4 is 5.32 Å². The van der Waals surface area contributed by atoms with Crippen LogP contribution in [-0.4, -0.2) is 39.6 Å². The number of nitrogens with one attached hydrogen (secondary N) is 1. The van der Waals surface area contributed by atoms with Crippen molar-refractivity contribution >= 4 is 12.0 Å². The van der Waals surface area contributed by atoms with Crippen molar-refractivity contribution in [3.63, 3.8) is 0 Å². The lowest BCUT2D eigenvalue weighted by atomic mass is 9.80. The maximum absolute atomic E-state index is 12.4. The fraction of sp³-hybridized carbons (Fsp3) is 0.556. The van der Waals surface area contributed by atoms with E-state index < -0.39 is 17.7 Å². The molecule has 2 rings (SSSR count). The fourth-order valence-electron chi connectivity index (χ4n) is 3.48. The van der Waals surface area contributed by atoms with Gasteiger partial charge < -0.3 is 10.4 Å². The highest BCUT2D eigenvalue weighted by Gasteiger charge is 2.43. The summed E-state index contributed by atoms with van der Waals surface area (Å²) < 4.78 is 0. The molecule has 1 aromatic carbocycles. The molecule has 5 nitrogen and oxygen atoms in total. The van der Waals surface area contributed by atoms with E-state index in [1.807, 2.05) is 52.8 Å². The van der Waals surface area contributed by atoms with Gasteiger partial charge in [-0.05, 0) is 52.2 Å². The van der Waals surface area contributed by atoms with Crippen molar-refractivity contribution in [2.24, 2.45) is 0 Å². The van der Waals surface area contributed by atoms with Gasteiger partial charge in [-0.15, -0.1) is 0 Å². The van der Waals surface area contributed by atoms with Crippen molar-refractivity contribution in [1.82, 2.24) is 10.2 Å². The highest BCUT2D eigenvalue weighted by molar-refractivity contribution is 5.87. The van der Waals surface area contributed by atoms with Gasteiger partial charge in [-0.3, -0.25) is 9.69 Å². The van der Waals surface area contributed by atoms with Crippen molar-refractivity contribution in [2.75, 3.05) is 0 Å². The quantitative estimate of drug-likeness (QED) is 0.880. The Balaban J connectivity index is 2.37. The molecule has 0 aliphatic carbocycles. The Morgan fingerprint density at radius 2 is 1.91 bits per heavy atom. The lowest BCUT2D eigenvalue weighted by Crippen LogP contribution is -2.61. The second-order valence-corrected chi connectivity index (χ2v) is 7.34. The Morgan fingerprint density at radius 3 is 2.43 bits per heavy atom. The molecule has 1 unspecified atom stereocenters. The third-order valence-corrected chi connectivity index (χ3v) is 4.58. The maximum atomic E-state index is 12.4. The number of rotatable bonds is 2. The summed E-state index contributed by atoms with van der Waals surface area (Å²) in [6.45, 7) is 9.47. The number of hydrogen-bond donors (Lipinski definition) is 2. The molecule has 0 spiro atoms. The Labute approximate surface area is 137 Å². The largest absolute Gasteiger partial charge is 0.465 e. The van der Waals surface area contributed by atoms with Gasteiger partial charge in [0.25, 0.3) is 0 Å². The number of aryl methyl sites for hydroxylation is 1. The molecule has 1 aromatic rings. The second-order valence-electron chi connectivity index (χ2n) is 7.34. The summed E-state index contributed by atoms with van der Waals surface area (Å²) in [5.41, 5.74) is 1.70. The lowest BCUT2D eigenvalue weighted by Gasteiger charge is -2.44. The van der Waals surface area contributed by atoms with E-state index in [1.54, 1.807) is 0 Å². The average molecular weight is 318 g/mol. The standard InChI is InChI=1S/C18H26N2O3/c1-11-8-6-7-9-13(11)14-10-15(16(21)19-12(14)2)20(17(22)23)18(3,4)5/h6-9,12,14-15H,10H2,1-5H3,(H,19,21)(H,22,23)/t12-,14-,15?/m1/s1. The molecular formula is C18H26N2O3. The van der Waals surface area contributed by atoms with Crippen molar-refractivity contribution < 1.29 is 14.7 Å². The smallest absolute Gasteiger partial charge is 0.408 e. The molecule has 1 aliphatic heterocycles. The van der Waals surface area contributed by atoms with Gasteiger partial charge in [0.05, 0.1) is 0 Å². The topological polar surface area (TPSA) is 69.6 Å². The van der Waals surface area contributed by atoms with Crippen molar-refractivity contribution in [3.05, 3.63) is 35.4 Å². The molecular weight excluding hydrogens is 292 g/mol. The zero-order valence-corrected chi connectivity index (χ0v) is 14.5. The first kappa shape index (κ1) is 17.3. The van der Waals surface area contributed by atoms with E-state index in [9.17, 15) is 14.7 Å². The third-order valence-electron chi connectivity index (χ3n) is 4.58. The zero-order chi connectivity index (χ0) is 17.4. The van der Waals surface area contributed by atoms with Crippen LogP contribution in [-0.2, 0) is 4.79 Å². The number of carbonyl (C=O) groups is 2. The van der Waals surface area contributed by atoms with E-state index in [0.29, 0.717) is 6.42 Å². The summed E-state index contributed by atoms with van der Waals surface area (Å²) in [4.78, 5) is 25.4. The van der Waals surface area contributed by atoms with Gasteiger partial charge in [0.2, 0.25) is 5.91 Å². The van der Waals surface area contributed by atoms with E-state index in [4.69, 9.17) is 0 Å². The van der Waals surface area contributed by atoms with Gasteiger partial charge in [0.15, 0.2) is 0 Å². The van der Waals surface area contributed by atoms with Crippen LogP contribution in [0.2, 0.25) is 0 Å². The lowest BCUT2D eigenvalue weighted by molar-refractivity contribution is -0.131. The Bertz CT molecular complexity index is 607. The molecule has 0 saturated carbocycles. The van der Waals surface area contributed by atoms with E-state index in [0.717, 1.165) is 5.56 Å². The Hall–Kier alpha value is -2.04. The van der Waals surface area contributed by atoms with Gasteiger partial charge in [-0.1, -0.05) is 24.3 Å². The fourth-order valence-corrected chi connectivity index (χ4v) is 3.48. The van der Waals surface area contributed by atoms with E-state index in [1.165, 1.54) is 10.5 Å². The first-order chi connectivity index (χ1) is 10.6. The maximum Gasteiger partial charge on any atom is 0.408 e. The summed E-state index contributed by atoms with van der Waals surface area (Å²) in [6, 6.07) is 7.39. The predicted molar refractivity (Wildman–Crippen MR) is 89.5 cm³/mol. The van der Waals surface area contributed by atoms with Gasteiger partial charge in [-0.25, -0.2) is 4.79 Å². The second kappa shape index (κ2) is 6.22. The Morgan fingerprint density at radius 1 is 1.30 bits per heavy atom. The molecule has 1 heterocycles. The summed E-state index contributed by atoms with van der Waals surface area (Å²) in [5, 5.41) is 12.6. The number of hydrogen-bond acceptors (Lipinski definition) is 2. The van der Waals surface area contributed by atoms with Crippen molar-refractivity contribution in [2.45, 2.75) is 64.6 Å². The van der Waals surface area contributed by atoms with Gasteiger partial charge in [-0.2, -0.15) is 0 Å². The van der Waals surface area contributed by atoms with Crippen molar-refractivity contribution in [1.29, 1.82) is 0 Å². The molecule has 2 amide bonds. The van der Waals surface area contributed by atoms with Crippen molar-refractivity contribution in [3.8, 4) is 0 Å². The van der Waals surface area contributed by atoms with E-state index in [-0.39, 0.29) is 17.9 Å². The number of nitrogens with zero attached hydrogens (tertiary/aromatic N) is 1. The molecule has 2 N–H and O–H groups in total. The van der Waals surface area contributed by atoms with Gasteiger partial charge >= 0.3 is 6.09 Å². The first-order valence-corrected chi connectivity index (χ1v) is 8.01. The number of carbonyl (C=O) groups excluding carboxylic acids is 1. The SMILES string of the molecule is Cc1ccccc1[C@@H]1CC(N(C(=O)O)C(C)(C)C)C(=O)N[C@@H]1C. The van der Waals surface area contributed by atoms with Crippen LogP contribution in [0, 0.1) is 6.92 Å². The van der Waals surface area contributed by atoms with Crippen LogP contribution >= 0.6 is 0 Å². The predicted octanol–water partition coefficient (Wildman–Crippen LogP) is 3.13. The average Bonchev–Trinajstić information content (AvgIpc) is 2.41. The van der Waals surface area contributed by atoms with Gasteiger partial charge in [0.1, 0.15) is 6.04 Å². The molecule has 23 heavy (non-hydrogen) atoms. The summed E-state index contributed by atoms with van der Waals surface area (Å²) in [6.07, 6.45) is -0.558. The molecule has 0 aromatic heterocycles. The first-order valence-electron chi connectivity index (χ1n) is 8.01. The van der Waals surface area contributed by atoms with Crippen LogP contribution in [0.1, 0.15) is 51.2 Å². The molecule has 0 bridgehead atoms. The molecule has 1 saturated heterocycles. The number of carboxylic acid groups (broad SMARTS) is 1. The van der Waals surface area contributed by atoms with Crippen LogP contribution in [0.25, 0.3) is 0 Å². The molecule has 0 radical (unpaired) electrons. The third kappa shape index (κ3) is 3.49. The van der Waals surface area contributed by atoms with E-state index >= 15 is 0 Å². The highest BCUT2D eigenvalue weighted by atomic mass is 16.4. The molecule has 5 heteroatoms. The van der Waals surface area contributed by atoms with Crippen LogP contribution in [0.15, 0.2) is 24.3 Å². The van der Waals surface area contributed by atoms with E-state index in [2.05, 4.69) is 11.4 Å². The summed E-state index contributed by atoms with van der Waals surface area (Å²) in [7, 11) is 0. The molecule has 126 valence electrons. The van der Waals surface area contributed by atoms with Crippen LogP contribution in [0.4, 0.5) is 4.79 Å². The minimum atomic E-state index is -1.06. The summed E-state index contributed by atoms with van der Waals surface area (Å²) >= 11 is 0. The highest BCUT2D eigenvalue weighted by Crippen LogP contribution is 2.34. The molecule has 3 atom stereocenters. The normalized spacial score (nSPS) is 24.9. The number of benzene rings is 1. The van der Waals surface area contributed by atoms with Gasteiger partial charge in [0, 0.05) is 17.5 Å².